The van der Waals surface area contributed by atoms with Gasteiger partial charge in [-0.25, -0.2) is 13.1 Å². The summed E-state index contributed by atoms with van der Waals surface area (Å²) in [6.45, 7) is 6.27. The van der Waals surface area contributed by atoms with Crippen LogP contribution in [0.3, 0.4) is 0 Å². The lowest BCUT2D eigenvalue weighted by atomic mass is 10.1. The van der Waals surface area contributed by atoms with Gasteiger partial charge in [0.2, 0.25) is 10.0 Å². The second-order valence-corrected chi connectivity index (χ2v) is 7.30. The minimum Gasteiger partial charge on any atom is -0.299 e. The first-order chi connectivity index (χ1) is 9.94. The van der Waals surface area contributed by atoms with Gasteiger partial charge in [0.05, 0.1) is 16.5 Å². The zero-order valence-electron chi connectivity index (χ0n) is 12.5. The second-order valence-electron chi connectivity index (χ2n) is 5.53. The third-order valence-electron chi connectivity index (χ3n) is 3.96. The summed E-state index contributed by atoms with van der Waals surface area (Å²) in [5.74, 6) is 0. The second kappa shape index (κ2) is 6.56. The third kappa shape index (κ3) is 3.82. The number of rotatable bonds is 5. The first kappa shape index (κ1) is 16.0. The van der Waals surface area contributed by atoms with Gasteiger partial charge >= 0.3 is 0 Å². The summed E-state index contributed by atoms with van der Waals surface area (Å²) in [4.78, 5) is 2.51. The lowest BCUT2D eigenvalue weighted by Gasteiger charge is -2.23. The molecule has 0 aliphatic carbocycles. The van der Waals surface area contributed by atoms with Gasteiger partial charge in [-0.1, -0.05) is 0 Å². The zero-order chi connectivity index (χ0) is 15.5. The van der Waals surface area contributed by atoms with E-state index in [-0.39, 0.29) is 10.9 Å². The molecule has 2 rings (SSSR count). The van der Waals surface area contributed by atoms with Crippen LogP contribution < -0.4 is 4.72 Å². The molecular weight excluding hydrogens is 286 g/mol. The summed E-state index contributed by atoms with van der Waals surface area (Å²) in [5.41, 5.74) is 1.17. The third-order valence-corrected chi connectivity index (χ3v) is 5.38. The SMILES string of the molecule is Cc1cc(S(=O)(=O)NCC(C)N2CCCC2)ccc1C#N. The Hall–Kier alpha value is -1.42. The summed E-state index contributed by atoms with van der Waals surface area (Å²) < 4.78 is 27.2. The van der Waals surface area contributed by atoms with Crippen molar-refractivity contribution in [2.24, 2.45) is 0 Å². The maximum absolute atomic E-state index is 12.3. The Balaban J connectivity index is 2.04. The van der Waals surface area contributed by atoms with Crippen molar-refractivity contribution in [2.75, 3.05) is 19.6 Å². The topological polar surface area (TPSA) is 73.2 Å². The number of likely N-dealkylation sites (tertiary alicyclic amines) is 1. The molecule has 1 unspecified atom stereocenters. The normalized spacial score (nSPS) is 17.6. The lowest BCUT2D eigenvalue weighted by molar-refractivity contribution is 0.260. The summed E-state index contributed by atoms with van der Waals surface area (Å²) in [7, 11) is -3.52. The van der Waals surface area contributed by atoms with Crippen molar-refractivity contribution in [3.63, 3.8) is 0 Å². The number of hydrogen-bond acceptors (Lipinski definition) is 4. The van der Waals surface area contributed by atoms with Crippen LogP contribution in [0.25, 0.3) is 0 Å². The van der Waals surface area contributed by atoms with Gasteiger partial charge in [0, 0.05) is 12.6 Å². The smallest absolute Gasteiger partial charge is 0.240 e. The molecule has 0 radical (unpaired) electrons. The molecular formula is C15H21N3O2S. The average molecular weight is 307 g/mol. The number of hydrogen-bond donors (Lipinski definition) is 1. The highest BCUT2D eigenvalue weighted by Crippen LogP contribution is 2.15. The van der Waals surface area contributed by atoms with Crippen molar-refractivity contribution >= 4 is 10.0 Å². The number of nitrogens with zero attached hydrogens (tertiary/aromatic N) is 2. The standard InChI is InChI=1S/C15H21N3O2S/c1-12-9-15(6-5-14(12)10-16)21(19,20)17-11-13(2)18-7-3-4-8-18/h5-6,9,13,17H,3-4,7-8,11H2,1-2H3. The van der Waals surface area contributed by atoms with Crippen LogP contribution in [0.4, 0.5) is 0 Å². The number of sulfonamides is 1. The Morgan fingerprint density at radius 3 is 2.62 bits per heavy atom. The lowest BCUT2D eigenvalue weighted by Crippen LogP contribution is -2.40. The van der Waals surface area contributed by atoms with Crippen LogP contribution in [0.5, 0.6) is 0 Å². The van der Waals surface area contributed by atoms with Crippen molar-refractivity contribution in [1.29, 1.82) is 5.26 Å². The van der Waals surface area contributed by atoms with Gasteiger partial charge < -0.3 is 0 Å². The summed E-state index contributed by atoms with van der Waals surface area (Å²) in [6, 6.07) is 6.81. The first-order valence-corrected chi connectivity index (χ1v) is 8.67. The van der Waals surface area contributed by atoms with E-state index in [9.17, 15) is 8.42 Å². The minimum absolute atomic E-state index is 0.196. The predicted octanol–water partition coefficient (Wildman–Crippen LogP) is 1.63. The molecule has 1 fully saturated rings. The van der Waals surface area contributed by atoms with Crippen LogP contribution in [0.2, 0.25) is 0 Å². The molecule has 0 bridgehead atoms. The van der Waals surface area contributed by atoms with Gasteiger partial charge in [0.1, 0.15) is 0 Å². The van der Waals surface area contributed by atoms with Gasteiger partial charge in [-0.2, -0.15) is 5.26 Å². The molecule has 114 valence electrons. The molecule has 0 aromatic heterocycles. The fourth-order valence-corrected chi connectivity index (χ4v) is 3.76. The van der Waals surface area contributed by atoms with Crippen LogP contribution in [0, 0.1) is 18.3 Å². The number of aryl methyl sites for hydroxylation is 1. The van der Waals surface area contributed by atoms with E-state index in [1.807, 2.05) is 13.0 Å². The number of nitriles is 1. The molecule has 1 aromatic rings. The maximum atomic E-state index is 12.3. The van der Waals surface area contributed by atoms with E-state index in [0.717, 1.165) is 13.1 Å². The predicted molar refractivity (Wildman–Crippen MR) is 81.4 cm³/mol. The molecule has 5 nitrogen and oxygen atoms in total. The van der Waals surface area contributed by atoms with Crippen molar-refractivity contribution in [1.82, 2.24) is 9.62 Å². The first-order valence-electron chi connectivity index (χ1n) is 7.18. The van der Waals surface area contributed by atoms with Gasteiger partial charge in [-0.3, -0.25) is 4.90 Å². The molecule has 6 heteroatoms. The van der Waals surface area contributed by atoms with Crippen molar-refractivity contribution in [2.45, 2.75) is 37.6 Å². The monoisotopic (exact) mass is 307 g/mol. The molecule has 1 N–H and O–H groups in total. The number of nitrogens with one attached hydrogen (secondary N) is 1. The summed E-state index contributed by atoms with van der Waals surface area (Å²) in [5, 5.41) is 8.89. The summed E-state index contributed by atoms with van der Waals surface area (Å²) in [6.07, 6.45) is 2.37. The van der Waals surface area contributed by atoms with Gasteiger partial charge in [0.15, 0.2) is 0 Å². The van der Waals surface area contributed by atoms with Crippen molar-refractivity contribution in [3.8, 4) is 6.07 Å². The molecule has 0 saturated carbocycles. The van der Waals surface area contributed by atoms with Gasteiger partial charge in [-0.15, -0.1) is 0 Å². The fourth-order valence-electron chi connectivity index (χ4n) is 2.55. The minimum atomic E-state index is -3.52. The van der Waals surface area contributed by atoms with Crippen LogP contribution in [-0.2, 0) is 10.0 Å². The van der Waals surface area contributed by atoms with Crippen molar-refractivity contribution < 1.29 is 8.42 Å². The molecule has 1 saturated heterocycles. The number of benzene rings is 1. The van der Waals surface area contributed by atoms with E-state index in [0.29, 0.717) is 17.7 Å². The van der Waals surface area contributed by atoms with Gasteiger partial charge in [-0.05, 0) is 63.5 Å². The quantitative estimate of drug-likeness (QED) is 0.897. The van der Waals surface area contributed by atoms with E-state index in [2.05, 4.69) is 9.62 Å². The highest BCUT2D eigenvalue weighted by atomic mass is 32.2. The van der Waals surface area contributed by atoms with Crippen LogP contribution >= 0.6 is 0 Å². The van der Waals surface area contributed by atoms with Crippen LogP contribution in [-0.4, -0.2) is 39.0 Å². The van der Waals surface area contributed by atoms with Crippen LogP contribution in [0.15, 0.2) is 23.1 Å². The Morgan fingerprint density at radius 1 is 1.38 bits per heavy atom. The van der Waals surface area contributed by atoms with Crippen molar-refractivity contribution in [3.05, 3.63) is 29.3 Å². The molecule has 1 aromatic carbocycles. The fraction of sp³-hybridized carbons (Fsp3) is 0.533. The molecule has 1 heterocycles. The molecule has 1 atom stereocenters. The van der Waals surface area contributed by atoms with E-state index in [1.165, 1.54) is 18.9 Å². The van der Waals surface area contributed by atoms with E-state index in [1.54, 1.807) is 19.1 Å². The zero-order valence-corrected chi connectivity index (χ0v) is 13.3. The van der Waals surface area contributed by atoms with Gasteiger partial charge in [0.25, 0.3) is 0 Å². The largest absolute Gasteiger partial charge is 0.299 e. The highest BCUT2D eigenvalue weighted by Gasteiger charge is 2.21. The van der Waals surface area contributed by atoms with E-state index >= 15 is 0 Å². The molecule has 1 aliphatic rings. The van der Waals surface area contributed by atoms with E-state index < -0.39 is 10.0 Å². The van der Waals surface area contributed by atoms with Crippen LogP contribution in [0.1, 0.15) is 30.9 Å². The highest BCUT2D eigenvalue weighted by molar-refractivity contribution is 7.89. The van der Waals surface area contributed by atoms with E-state index in [4.69, 9.17) is 5.26 Å². The molecule has 1 aliphatic heterocycles. The Morgan fingerprint density at radius 2 is 2.05 bits per heavy atom. The maximum Gasteiger partial charge on any atom is 0.240 e. The average Bonchev–Trinajstić information content (AvgIpc) is 2.99. The Labute approximate surface area is 126 Å². The Bertz CT molecular complexity index is 643. The Kier molecular flexibility index (Phi) is 4.99. The molecule has 0 spiro atoms. The summed E-state index contributed by atoms with van der Waals surface area (Å²) >= 11 is 0. The molecule has 0 amide bonds. The molecule has 21 heavy (non-hydrogen) atoms.